The highest BCUT2D eigenvalue weighted by molar-refractivity contribution is 7.86. The molecule has 108 valence electrons. The molecule has 0 N–H and O–H groups in total. The Morgan fingerprint density at radius 3 is 2.42 bits per heavy atom. The predicted molar refractivity (Wildman–Crippen MR) is 77.9 cm³/mol. The molecule has 0 aliphatic carbocycles. The predicted octanol–water partition coefficient (Wildman–Crippen LogP) is 1.96. The Kier molecular flexibility index (Phi) is 4.23. The average molecular weight is 324 g/mol. The summed E-state index contributed by atoms with van der Waals surface area (Å²) in [5, 5.41) is 0.999. The summed E-state index contributed by atoms with van der Waals surface area (Å²) in [6, 6.07) is 0. The van der Waals surface area contributed by atoms with Crippen molar-refractivity contribution in [2.45, 2.75) is 25.2 Å². The molecule has 0 aromatic carbocycles. The summed E-state index contributed by atoms with van der Waals surface area (Å²) in [6.45, 7) is 3.17. The van der Waals surface area contributed by atoms with Crippen molar-refractivity contribution in [2.75, 3.05) is 27.2 Å². The maximum Gasteiger partial charge on any atom is 0.281 e. The second kappa shape index (κ2) is 5.29. The molecule has 2 heterocycles. The van der Waals surface area contributed by atoms with E-state index in [1.54, 1.807) is 20.3 Å². The van der Waals surface area contributed by atoms with E-state index < -0.39 is 10.2 Å². The van der Waals surface area contributed by atoms with Gasteiger partial charge < -0.3 is 0 Å². The molecule has 1 aromatic rings. The Bertz CT molecular complexity index is 548. The summed E-state index contributed by atoms with van der Waals surface area (Å²) in [7, 11) is -0.185. The van der Waals surface area contributed by atoms with E-state index in [0.29, 0.717) is 17.4 Å². The monoisotopic (exact) mass is 323 g/mol. The van der Waals surface area contributed by atoms with Gasteiger partial charge in [0.2, 0.25) is 0 Å². The van der Waals surface area contributed by atoms with Gasteiger partial charge in [0.05, 0.1) is 11.2 Å². The van der Waals surface area contributed by atoms with Gasteiger partial charge in [-0.25, -0.2) is 4.98 Å². The minimum atomic E-state index is -3.30. The molecule has 0 spiro atoms. The number of hydrogen-bond donors (Lipinski definition) is 0. The van der Waals surface area contributed by atoms with Crippen LogP contribution in [0.3, 0.4) is 0 Å². The lowest BCUT2D eigenvalue weighted by Crippen LogP contribution is -2.47. The molecule has 1 fully saturated rings. The van der Waals surface area contributed by atoms with Gasteiger partial charge in [0.15, 0.2) is 0 Å². The quantitative estimate of drug-likeness (QED) is 0.854. The van der Waals surface area contributed by atoms with Crippen molar-refractivity contribution in [1.82, 2.24) is 13.6 Å². The van der Waals surface area contributed by atoms with Crippen molar-refractivity contribution in [1.29, 1.82) is 0 Å². The Labute approximate surface area is 123 Å². The van der Waals surface area contributed by atoms with Gasteiger partial charge in [0.1, 0.15) is 4.34 Å². The molecule has 5 nitrogen and oxygen atoms in total. The highest BCUT2D eigenvalue weighted by atomic mass is 35.5. The van der Waals surface area contributed by atoms with Crippen LogP contribution in [0.15, 0.2) is 6.20 Å². The summed E-state index contributed by atoms with van der Waals surface area (Å²) in [5.74, 6) is 0. The average Bonchev–Trinajstić information content (AvgIpc) is 2.77. The Balaban J connectivity index is 2.11. The summed E-state index contributed by atoms with van der Waals surface area (Å²) in [4.78, 5) is 4.34. The molecule has 0 unspecified atom stereocenters. The fourth-order valence-electron chi connectivity index (χ4n) is 2.19. The third-order valence-electron chi connectivity index (χ3n) is 3.61. The number of halogens is 1. The Hall–Kier alpha value is -0.210. The standard InChI is InChI=1S/C11H18ClN3O2S2/c1-11(10-13-8-9(12)18-10)4-6-15(7-5-11)19(16,17)14(2)3/h8H,4-7H2,1-3H3. The van der Waals surface area contributed by atoms with Crippen molar-refractivity contribution in [3.63, 3.8) is 0 Å². The lowest BCUT2D eigenvalue weighted by Gasteiger charge is -2.38. The van der Waals surface area contributed by atoms with Crippen molar-refractivity contribution in [3.05, 3.63) is 15.5 Å². The molecule has 1 aliphatic rings. The van der Waals surface area contributed by atoms with Crippen LogP contribution < -0.4 is 0 Å². The summed E-state index contributed by atoms with van der Waals surface area (Å²) in [6.07, 6.45) is 3.20. The third kappa shape index (κ3) is 2.95. The van der Waals surface area contributed by atoms with Crippen LogP contribution >= 0.6 is 22.9 Å². The number of rotatable bonds is 3. The molecular formula is C11H18ClN3O2S2. The van der Waals surface area contributed by atoms with Crippen molar-refractivity contribution < 1.29 is 8.42 Å². The molecular weight excluding hydrogens is 306 g/mol. The van der Waals surface area contributed by atoms with E-state index >= 15 is 0 Å². The number of hydrogen-bond acceptors (Lipinski definition) is 4. The van der Waals surface area contributed by atoms with E-state index in [4.69, 9.17) is 11.6 Å². The van der Waals surface area contributed by atoms with Gasteiger partial charge in [0, 0.05) is 32.6 Å². The molecule has 2 rings (SSSR count). The zero-order valence-corrected chi connectivity index (χ0v) is 13.6. The molecule has 1 aromatic heterocycles. The van der Waals surface area contributed by atoms with E-state index in [1.165, 1.54) is 19.9 Å². The number of thiazole rings is 1. The van der Waals surface area contributed by atoms with Crippen LogP contribution in [0.5, 0.6) is 0 Å². The lowest BCUT2D eigenvalue weighted by molar-refractivity contribution is 0.239. The van der Waals surface area contributed by atoms with Crippen LogP contribution in [0.25, 0.3) is 0 Å². The van der Waals surface area contributed by atoms with Crippen LogP contribution in [0.1, 0.15) is 24.8 Å². The van der Waals surface area contributed by atoms with Crippen molar-refractivity contribution in [2.24, 2.45) is 0 Å². The van der Waals surface area contributed by atoms with Gasteiger partial charge in [-0.05, 0) is 12.8 Å². The normalized spacial score (nSPS) is 20.9. The van der Waals surface area contributed by atoms with E-state index in [9.17, 15) is 8.42 Å². The molecule has 8 heteroatoms. The first-order valence-corrected chi connectivity index (χ1v) is 8.64. The first-order chi connectivity index (χ1) is 8.75. The van der Waals surface area contributed by atoms with Crippen LogP contribution in [0.2, 0.25) is 4.34 Å². The van der Waals surface area contributed by atoms with E-state index in [0.717, 1.165) is 17.8 Å². The SMILES string of the molecule is CN(C)S(=O)(=O)N1CCC(C)(c2ncc(Cl)s2)CC1. The van der Waals surface area contributed by atoms with Gasteiger partial charge in [-0.15, -0.1) is 11.3 Å². The van der Waals surface area contributed by atoms with E-state index in [1.807, 2.05) is 0 Å². The zero-order chi connectivity index (χ0) is 14.3. The molecule has 0 bridgehead atoms. The number of nitrogens with zero attached hydrogens (tertiary/aromatic N) is 3. The van der Waals surface area contributed by atoms with Crippen molar-refractivity contribution in [3.8, 4) is 0 Å². The Morgan fingerprint density at radius 1 is 1.42 bits per heavy atom. The fourth-order valence-corrected chi connectivity index (χ4v) is 4.41. The maximum atomic E-state index is 12.1. The summed E-state index contributed by atoms with van der Waals surface area (Å²) < 4.78 is 27.6. The third-order valence-corrected chi connectivity index (χ3v) is 6.97. The van der Waals surface area contributed by atoms with Gasteiger partial charge in [0.25, 0.3) is 10.2 Å². The van der Waals surface area contributed by atoms with Crippen molar-refractivity contribution >= 4 is 33.1 Å². The minimum absolute atomic E-state index is 0.0733. The second-order valence-electron chi connectivity index (χ2n) is 5.22. The number of aromatic nitrogens is 1. The highest BCUT2D eigenvalue weighted by Gasteiger charge is 2.38. The second-order valence-corrected chi connectivity index (χ2v) is 9.02. The highest BCUT2D eigenvalue weighted by Crippen LogP contribution is 2.38. The summed E-state index contributed by atoms with van der Waals surface area (Å²) >= 11 is 7.41. The molecule has 0 radical (unpaired) electrons. The largest absolute Gasteiger partial charge is 0.281 e. The molecule has 0 atom stereocenters. The first-order valence-electron chi connectivity index (χ1n) is 6.05. The molecule has 1 saturated heterocycles. The van der Waals surface area contributed by atoms with Gasteiger partial charge in [-0.1, -0.05) is 18.5 Å². The molecule has 0 saturated carbocycles. The van der Waals surface area contributed by atoms with Gasteiger partial charge >= 0.3 is 0 Å². The lowest BCUT2D eigenvalue weighted by atomic mass is 9.82. The van der Waals surface area contributed by atoms with Crippen LogP contribution in [0, 0.1) is 0 Å². The zero-order valence-electron chi connectivity index (χ0n) is 11.3. The van der Waals surface area contributed by atoms with Crippen LogP contribution in [-0.2, 0) is 15.6 Å². The minimum Gasteiger partial charge on any atom is -0.247 e. The van der Waals surface area contributed by atoms with E-state index in [-0.39, 0.29) is 5.41 Å². The molecule has 0 amide bonds. The summed E-state index contributed by atoms with van der Waals surface area (Å²) in [5.41, 5.74) is -0.0733. The van der Waals surface area contributed by atoms with Gasteiger partial charge in [-0.3, -0.25) is 0 Å². The van der Waals surface area contributed by atoms with E-state index in [2.05, 4.69) is 11.9 Å². The van der Waals surface area contributed by atoms with Gasteiger partial charge in [-0.2, -0.15) is 17.0 Å². The number of piperidine rings is 1. The first kappa shape index (κ1) is 15.2. The topological polar surface area (TPSA) is 53.5 Å². The maximum absolute atomic E-state index is 12.1. The smallest absolute Gasteiger partial charge is 0.247 e. The molecule has 19 heavy (non-hydrogen) atoms. The fraction of sp³-hybridized carbons (Fsp3) is 0.727. The van der Waals surface area contributed by atoms with Crippen LogP contribution in [0.4, 0.5) is 0 Å². The Morgan fingerprint density at radius 2 is 2.00 bits per heavy atom. The van der Waals surface area contributed by atoms with Crippen LogP contribution in [-0.4, -0.2) is 49.2 Å². The molecule has 1 aliphatic heterocycles.